The zero-order valence-corrected chi connectivity index (χ0v) is 17.9. The van der Waals surface area contributed by atoms with E-state index in [1.54, 1.807) is 36.4 Å². The number of hydrogen-bond acceptors (Lipinski definition) is 5. The summed E-state index contributed by atoms with van der Waals surface area (Å²) in [6.07, 6.45) is 0.00163. The normalized spacial score (nSPS) is 11.0. The summed E-state index contributed by atoms with van der Waals surface area (Å²) in [7, 11) is -2.19. The van der Waals surface area contributed by atoms with E-state index in [2.05, 4.69) is 10.0 Å². The van der Waals surface area contributed by atoms with Crippen molar-refractivity contribution >= 4 is 21.6 Å². The van der Waals surface area contributed by atoms with E-state index >= 15 is 0 Å². The van der Waals surface area contributed by atoms with Crippen LogP contribution < -0.4 is 19.5 Å². The van der Waals surface area contributed by atoms with Crippen LogP contribution in [0.1, 0.15) is 12.0 Å². The smallest absolute Gasteiger partial charge is 0.240 e. The van der Waals surface area contributed by atoms with Crippen LogP contribution in [0.15, 0.2) is 83.8 Å². The average Bonchev–Trinajstić information content (AvgIpc) is 2.79. The highest BCUT2D eigenvalue weighted by atomic mass is 32.2. The maximum Gasteiger partial charge on any atom is 0.240 e. The van der Waals surface area contributed by atoms with Gasteiger partial charge in [-0.15, -0.1) is 0 Å². The molecule has 0 fully saturated rings. The lowest BCUT2D eigenvalue weighted by atomic mass is 10.2. The number of carbonyl (C=O) groups excluding carboxylic acids is 1. The van der Waals surface area contributed by atoms with Gasteiger partial charge in [-0.3, -0.25) is 4.79 Å². The second-order valence-corrected chi connectivity index (χ2v) is 8.44. The Hall–Kier alpha value is -3.36. The number of methoxy groups -OCH3 is 1. The molecule has 3 aromatic carbocycles. The van der Waals surface area contributed by atoms with E-state index in [9.17, 15) is 13.2 Å². The molecule has 0 aliphatic carbocycles. The van der Waals surface area contributed by atoms with Gasteiger partial charge in [0, 0.05) is 18.7 Å². The first kappa shape index (κ1) is 22.3. The molecule has 0 radical (unpaired) electrons. The van der Waals surface area contributed by atoms with Crippen LogP contribution >= 0.6 is 0 Å². The molecular formula is C23H24N2O5S. The molecule has 0 saturated heterocycles. The maximum absolute atomic E-state index is 12.3. The lowest BCUT2D eigenvalue weighted by Gasteiger charge is -2.09. The third kappa shape index (κ3) is 6.84. The van der Waals surface area contributed by atoms with Crippen LogP contribution in [0.25, 0.3) is 0 Å². The minimum atomic E-state index is -3.69. The summed E-state index contributed by atoms with van der Waals surface area (Å²) in [5.74, 6) is 0.958. The zero-order valence-electron chi connectivity index (χ0n) is 17.1. The summed E-state index contributed by atoms with van der Waals surface area (Å²) in [6, 6.07) is 22.9. The molecule has 0 saturated carbocycles. The number of rotatable bonds is 10. The minimum absolute atomic E-state index is 0.00163. The Morgan fingerprint density at radius 2 is 1.52 bits per heavy atom. The first-order valence-corrected chi connectivity index (χ1v) is 11.1. The average molecular weight is 441 g/mol. The number of benzene rings is 3. The highest BCUT2D eigenvalue weighted by Crippen LogP contribution is 2.18. The monoisotopic (exact) mass is 440 g/mol. The van der Waals surface area contributed by atoms with E-state index in [-0.39, 0.29) is 23.8 Å². The lowest BCUT2D eigenvalue weighted by molar-refractivity contribution is -0.116. The van der Waals surface area contributed by atoms with Crippen LogP contribution in [0, 0.1) is 0 Å². The number of hydrogen-bond donors (Lipinski definition) is 2. The van der Waals surface area contributed by atoms with Gasteiger partial charge >= 0.3 is 0 Å². The second kappa shape index (κ2) is 10.6. The van der Waals surface area contributed by atoms with Crippen LogP contribution in [0.4, 0.5) is 5.69 Å². The fraction of sp³-hybridized carbons (Fsp3) is 0.174. The molecule has 0 spiro atoms. The summed E-state index contributed by atoms with van der Waals surface area (Å²) in [4.78, 5) is 12.2. The van der Waals surface area contributed by atoms with Crippen molar-refractivity contribution < 1.29 is 22.7 Å². The standard InChI is InChI=1S/C23H24N2O5S/c1-29-20-11-13-22(14-12-20)31(27,28)24-16-15-23(26)25-19-7-9-21(10-8-19)30-17-18-5-3-2-4-6-18/h2-14,24H,15-17H2,1H3,(H,25,26). The van der Waals surface area contributed by atoms with Crippen LogP contribution in [-0.2, 0) is 21.4 Å². The van der Waals surface area contributed by atoms with Crippen molar-refractivity contribution in [2.75, 3.05) is 19.0 Å². The van der Waals surface area contributed by atoms with E-state index in [4.69, 9.17) is 9.47 Å². The second-order valence-electron chi connectivity index (χ2n) is 6.67. The summed E-state index contributed by atoms with van der Waals surface area (Å²) >= 11 is 0. The van der Waals surface area contributed by atoms with Gasteiger partial charge in [-0.25, -0.2) is 13.1 Å². The molecule has 0 bridgehead atoms. The molecule has 3 rings (SSSR count). The third-order valence-electron chi connectivity index (χ3n) is 4.40. The quantitative estimate of drug-likeness (QED) is 0.503. The Morgan fingerprint density at radius 1 is 0.871 bits per heavy atom. The Bertz CT molecular complexity index is 1080. The van der Waals surface area contributed by atoms with Crippen molar-refractivity contribution in [2.45, 2.75) is 17.9 Å². The van der Waals surface area contributed by atoms with E-state index < -0.39 is 10.0 Å². The molecule has 0 aliphatic heterocycles. The maximum atomic E-state index is 12.3. The zero-order chi connectivity index (χ0) is 22.1. The van der Waals surface area contributed by atoms with Crippen molar-refractivity contribution in [3.05, 3.63) is 84.4 Å². The molecule has 0 aliphatic rings. The molecule has 0 aromatic heterocycles. The minimum Gasteiger partial charge on any atom is -0.497 e. The summed E-state index contributed by atoms with van der Waals surface area (Å²) in [5.41, 5.74) is 1.67. The summed E-state index contributed by atoms with van der Waals surface area (Å²) in [5, 5.41) is 2.74. The number of nitrogens with one attached hydrogen (secondary N) is 2. The topological polar surface area (TPSA) is 93.7 Å². The van der Waals surface area contributed by atoms with E-state index in [0.29, 0.717) is 23.8 Å². The number of carbonyl (C=O) groups is 1. The van der Waals surface area contributed by atoms with E-state index in [0.717, 1.165) is 5.56 Å². The van der Waals surface area contributed by atoms with Gasteiger partial charge in [-0.05, 0) is 54.1 Å². The number of anilines is 1. The van der Waals surface area contributed by atoms with Gasteiger partial charge in [0.25, 0.3) is 0 Å². The van der Waals surface area contributed by atoms with E-state index in [1.807, 2.05) is 30.3 Å². The van der Waals surface area contributed by atoms with Crippen LogP contribution in [0.3, 0.4) is 0 Å². The highest BCUT2D eigenvalue weighted by Gasteiger charge is 2.14. The first-order valence-electron chi connectivity index (χ1n) is 9.66. The van der Waals surface area contributed by atoms with Crippen LogP contribution in [0.2, 0.25) is 0 Å². The summed E-state index contributed by atoms with van der Waals surface area (Å²) in [6.45, 7) is 0.444. The van der Waals surface area contributed by atoms with Gasteiger partial charge in [0.05, 0.1) is 12.0 Å². The Balaban J connectivity index is 1.43. The number of amides is 1. The van der Waals surface area contributed by atoms with Crippen molar-refractivity contribution in [1.29, 1.82) is 0 Å². The lowest BCUT2D eigenvalue weighted by Crippen LogP contribution is -2.27. The Kier molecular flexibility index (Phi) is 7.64. The van der Waals surface area contributed by atoms with Crippen molar-refractivity contribution in [2.24, 2.45) is 0 Å². The molecule has 0 unspecified atom stereocenters. The molecule has 7 nitrogen and oxygen atoms in total. The van der Waals surface area contributed by atoms with Gasteiger partial charge in [-0.2, -0.15) is 0 Å². The van der Waals surface area contributed by atoms with Crippen molar-refractivity contribution in [3.63, 3.8) is 0 Å². The fourth-order valence-electron chi connectivity index (χ4n) is 2.74. The highest BCUT2D eigenvalue weighted by molar-refractivity contribution is 7.89. The fourth-order valence-corrected chi connectivity index (χ4v) is 3.77. The summed E-state index contributed by atoms with van der Waals surface area (Å²) < 4.78 is 37.7. The van der Waals surface area contributed by atoms with Gasteiger partial charge in [-0.1, -0.05) is 30.3 Å². The molecule has 0 atom stereocenters. The third-order valence-corrected chi connectivity index (χ3v) is 5.88. The Labute approximate surface area is 182 Å². The number of ether oxygens (including phenoxy) is 2. The molecule has 3 aromatic rings. The van der Waals surface area contributed by atoms with Crippen molar-refractivity contribution in [3.8, 4) is 11.5 Å². The predicted molar refractivity (Wildman–Crippen MR) is 119 cm³/mol. The Morgan fingerprint density at radius 3 is 2.16 bits per heavy atom. The van der Waals surface area contributed by atoms with Gasteiger partial charge in [0.1, 0.15) is 18.1 Å². The van der Waals surface area contributed by atoms with Gasteiger partial charge < -0.3 is 14.8 Å². The molecule has 1 amide bonds. The molecule has 8 heteroatoms. The molecule has 162 valence electrons. The van der Waals surface area contributed by atoms with Crippen LogP contribution in [-0.4, -0.2) is 28.0 Å². The molecule has 2 N–H and O–H groups in total. The van der Waals surface area contributed by atoms with E-state index in [1.165, 1.54) is 19.2 Å². The molecular weight excluding hydrogens is 416 g/mol. The predicted octanol–water partition coefficient (Wildman–Crippen LogP) is 3.58. The SMILES string of the molecule is COc1ccc(S(=O)(=O)NCCC(=O)Nc2ccc(OCc3ccccc3)cc2)cc1. The molecule has 31 heavy (non-hydrogen) atoms. The number of sulfonamides is 1. The molecule has 0 heterocycles. The van der Waals surface area contributed by atoms with Crippen molar-refractivity contribution in [1.82, 2.24) is 4.72 Å². The van der Waals surface area contributed by atoms with Crippen LogP contribution in [0.5, 0.6) is 11.5 Å². The largest absolute Gasteiger partial charge is 0.497 e. The first-order chi connectivity index (χ1) is 15.0. The van der Waals surface area contributed by atoms with Gasteiger partial charge in [0.2, 0.25) is 15.9 Å². The van der Waals surface area contributed by atoms with Gasteiger partial charge in [0.15, 0.2) is 0 Å².